The van der Waals surface area contributed by atoms with E-state index in [0.29, 0.717) is 34.5 Å². The van der Waals surface area contributed by atoms with Gasteiger partial charge < -0.3 is 31.0 Å². The molecular weight excluding hydrogens is 531 g/mol. The third-order valence-corrected chi connectivity index (χ3v) is 6.42. The van der Waals surface area contributed by atoms with E-state index in [1.54, 1.807) is 18.2 Å². The molecule has 0 saturated carbocycles. The number of para-hydroxylation sites is 2. The summed E-state index contributed by atoms with van der Waals surface area (Å²) in [4.78, 5) is 39.4. The summed E-state index contributed by atoms with van der Waals surface area (Å²) in [6, 6.07) is 12.4. The zero-order valence-electron chi connectivity index (χ0n) is 20.4. The summed E-state index contributed by atoms with van der Waals surface area (Å²) in [6.07, 6.45) is 2.23. The number of fused-ring (bicyclic) bond motifs is 1. The van der Waals surface area contributed by atoms with E-state index in [0.717, 1.165) is 44.7 Å². The van der Waals surface area contributed by atoms with Crippen LogP contribution in [-0.4, -0.2) is 75.6 Å². The smallest absolute Gasteiger partial charge is 0.275 e. The Hall–Kier alpha value is -3.64. The standard InChI is InChI=1S/C25H27ClN8O3.ClH/c26-17-14-16(37-13-3-10-33-11-8-28-9-12-33)6-7-18(17)30-24(36)22-21(23(27)35)29-15-34(22)25-31-19-4-1-2-5-20(19)32-25;/h1-2,4-7,14-15,28H,3,8-13H2,(H2,27,35)(H,30,36)(H,31,32);1H. The van der Waals surface area contributed by atoms with Gasteiger partial charge in [0.15, 0.2) is 5.69 Å². The number of hydrogen-bond donors (Lipinski definition) is 4. The van der Waals surface area contributed by atoms with Crippen molar-refractivity contribution < 1.29 is 14.3 Å². The lowest BCUT2D eigenvalue weighted by Crippen LogP contribution is -2.43. The summed E-state index contributed by atoms with van der Waals surface area (Å²) in [6.45, 7) is 5.67. The van der Waals surface area contributed by atoms with Gasteiger partial charge in [0.1, 0.15) is 17.8 Å². The van der Waals surface area contributed by atoms with Crippen molar-refractivity contribution in [3.05, 3.63) is 65.2 Å². The molecule has 3 heterocycles. The highest BCUT2D eigenvalue weighted by Crippen LogP contribution is 2.28. The first-order valence-electron chi connectivity index (χ1n) is 12.0. The molecular formula is C25H28Cl2N8O3. The molecule has 2 aromatic heterocycles. The Balaban J connectivity index is 0.00000336. The van der Waals surface area contributed by atoms with Crippen molar-refractivity contribution in [2.24, 2.45) is 5.73 Å². The van der Waals surface area contributed by atoms with Gasteiger partial charge in [-0.1, -0.05) is 23.7 Å². The molecule has 1 fully saturated rings. The monoisotopic (exact) mass is 558 g/mol. The number of anilines is 1. The molecule has 0 radical (unpaired) electrons. The number of amides is 2. The maximum absolute atomic E-state index is 13.3. The number of carbonyl (C=O) groups is 2. The molecule has 0 atom stereocenters. The van der Waals surface area contributed by atoms with Gasteiger partial charge in [0.2, 0.25) is 5.95 Å². The zero-order chi connectivity index (χ0) is 25.8. The summed E-state index contributed by atoms with van der Waals surface area (Å²) in [5, 5.41) is 6.37. The number of H-pyrrole nitrogens is 1. The number of aromatic amines is 1. The number of aromatic nitrogens is 4. The Morgan fingerprint density at radius 1 is 1.16 bits per heavy atom. The van der Waals surface area contributed by atoms with Crippen molar-refractivity contribution >= 4 is 52.5 Å². The first kappa shape index (κ1) is 27.4. The van der Waals surface area contributed by atoms with Crippen LogP contribution >= 0.6 is 24.0 Å². The highest BCUT2D eigenvalue weighted by molar-refractivity contribution is 6.34. The van der Waals surface area contributed by atoms with Gasteiger partial charge in [0.05, 0.1) is 28.4 Å². The van der Waals surface area contributed by atoms with Crippen molar-refractivity contribution in [3.63, 3.8) is 0 Å². The van der Waals surface area contributed by atoms with E-state index in [-0.39, 0.29) is 23.8 Å². The van der Waals surface area contributed by atoms with Crippen LogP contribution in [0, 0.1) is 0 Å². The van der Waals surface area contributed by atoms with E-state index in [1.165, 1.54) is 10.9 Å². The van der Waals surface area contributed by atoms with Crippen molar-refractivity contribution in [1.82, 2.24) is 29.7 Å². The fourth-order valence-corrected chi connectivity index (χ4v) is 4.46. The lowest BCUT2D eigenvalue weighted by atomic mass is 10.2. The topological polar surface area (TPSA) is 143 Å². The highest BCUT2D eigenvalue weighted by Gasteiger charge is 2.25. The first-order valence-corrected chi connectivity index (χ1v) is 12.4. The summed E-state index contributed by atoms with van der Waals surface area (Å²) in [7, 11) is 0. The van der Waals surface area contributed by atoms with Gasteiger partial charge in [-0.2, -0.15) is 0 Å². The third kappa shape index (κ3) is 6.08. The Bertz CT molecular complexity index is 1400. The number of nitrogens with zero attached hydrogens (tertiary/aromatic N) is 4. The Kier molecular flexibility index (Phi) is 8.85. The molecule has 1 saturated heterocycles. The van der Waals surface area contributed by atoms with E-state index >= 15 is 0 Å². The van der Waals surface area contributed by atoms with Crippen LogP contribution in [0.2, 0.25) is 5.02 Å². The van der Waals surface area contributed by atoms with Gasteiger partial charge in [-0.05, 0) is 30.7 Å². The molecule has 2 amide bonds. The largest absolute Gasteiger partial charge is 0.493 e. The molecule has 0 unspecified atom stereocenters. The quantitative estimate of drug-likeness (QED) is 0.231. The normalized spacial score (nSPS) is 13.7. The Morgan fingerprint density at radius 2 is 1.95 bits per heavy atom. The average Bonchev–Trinajstić information content (AvgIpc) is 3.53. The molecule has 200 valence electrons. The number of rotatable bonds is 9. The fourth-order valence-electron chi connectivity index (χ4n) is 4.24. The predicted molar refractivity (Wildman–Crippen MR) is 148 cm³/mol. The first-order chi connectivity index (χ1) is 18.0. The van der Waals surface area contributed by atoms with Crippen molar-refractivity contribution in [3.8, 4) is 11.7 Å². The van der Waals surface area contributed by atoms with E-state index in [2.05, 4.69) is 30.5 Å². The van der Waals surface area contributed by atoms with Gasteiger partial charge in [-0.3, -0.25) is 14.2 Å². The van der Waals surface area contributed by atoms with Crippen LogP contribution in [0.3, 0.4) is 0 Å². The minimum Gasteiger partial charge on any atom is -0.493 e. The van der Waals surface area contributed by atoms with Crippen LogP contribution < -0.4 is 21.1 Å². The number of ether oxygens (including phenoxy) is 1. The molecule has 0 bridgehead atoms. The van der Waals surface area contributed by atoms with Crippen LogP contribution in [0.15, 0.2) is 48.8 Å². The number of benzene rings is 2. The van der Waals surface area contributed by atoms with Crippen LogP contribution in [0.25, 0.3) is 17.0 Å². The number of carbonyl (C=O) groups excluding carboxylic acids is 2. The van der Waals surface area contributed by atoms with Crippen LogP contribution in [0.4, 0.5) is 5.69 Å². The van der Waals surface area contributed by atoms with E-state index in [9.17, 15) is 9.59 Å². The lowest BCUT2D eigenvalue weighted by molar-refractivity contribution is 0.0971. The lowest BCUT2D eigenvalue weighted by Gasteiger charge is -2.26. The molecule has 0 aliphatic carbocycles. The molecule has 2 aromatic carbocycles. The summed E-state index contributed by atoms with van der Waals surface area (Å²) in [5.41, 5.74) is 7.07. The number of piperazine rings is 1. The van der Waals surface area contributed by atoms with Crippen LogP contribution in [0.1, 0.15) is 27.4 Å². The second-order valence-corrected chi connectivity index (χ2v) is 9.05. The van der Waals surface area contributed by atoms with Crippen LogP contribution in [0.5, 0.6) is 5.75 Å². The number of hydrogen-bond acceptors (Lipinski definition) is 7. The molecule has 5 rings (SSSR count). The second-order valence-electron chi connectivity index (χ2n) is 8.64. The number of imidazole rings is 2. The van der Waals surface area contributed by atoms with E-state index in [4.69, 9.17) is 22.1 Å². The van der Waals surface area contributed by atoms with Crippen molar-refractivity contribution in [1.29, 1.82) is 0 Å². The van der Waals surface area contributed by atoms with Gasteiger partial charge in [-0.25, -0.2) is 9.97 Å². The van der Waals surface area contributed by atoms with Gasteiger partial charge in [0, 0.05) is 38.8 Å². The molecule has 1 aliphatic heterocycles. The third-order valence-electron chi connectivity index (χ3n) is 6.11. The summed E-state index contributed by atoms with van der Waals surface area (Å²) < 4.78 is 7.23. The van der Waals surface area contributed by atoms with E-state index < -0.39 is 11.8 Å². The van der Waals surface area contributed by atoms with Crippen LogP contribution in [-0.2, 0) is 0 Å². The molecule has 13 heteroatoms. The summed E-state index contributed by atoms with van der Waals surface area (Å²) in [5.74, 6) is -0.524. The number of nitrogens with two attached hydrogens (primary N) is 1. The molecule has 5 N–H and O–H groups in total. The minimum atomic E-state index is -0.837. The molecule has 11 nitrogen and oxygen atoms in total. The average molecular weight is 559 g/mol. The van der Waals surface area contributed by atoms with Gasteiger partial charge >= 0.3 is 0 Å². The maximum atomic E-state index is 13.3. The summed E-state index contributed by atoms with van der Waals surface area (Å²) >= 11 is 6.44. The highest BCUT2D eigenvalue weighted by atomic mass is 35.5. The Morgan fingerprint density at radius 3 is 2.68 bits per heavy atom. The van der Waals surface area contributed by atoms with E-state index in [1.807, 2.05) is 24.3 Å². The molecule has 4 aromatic rings. The van der Waals surface area contributed by atoms with Crippen molar-refractivity contribution in [2.75, 3.05) is 44.6 Å². The number of halogens is 2. The molecule has 0 spiro atoms. The SMILES string of the molecule is Cl.NC(=O)c1ncn(-c2nc3ccccc3[nH]2)c1C(=O)Nc1ccc(OCCCN2CCNCC2)cc1Cl. The second kappa shape index (κ2) is 12.3. The van der Waals surface area contributed by atoms with Gasteiger partial charge in [0.25, 0.3) is 11.8 Å². The number of primary amides is 1. The minimum absolute atomic E-state index is 0. The zero-order valence-corrected chi connectivity index (χ0v) is 22.0. The van der Waals surface area contributed by atoms with Crippen molar-refractivity contribution in [2.45, 2.75) is 6.42 Å². The maximum Gasteiger partial charge on any atom is 0.275 e. The predicted octanol–water partition coefficient (Wildman–Crippen LogP) is 2.85. The number of nitrogens with one attached hydrogen (secondary N) is 3. The molecule has 1 aliphatic rings. The Labute approximate surface area is 230 Å². The van der Waals surface area contributed by atoms with Gasteiger partial charge in [-0.15, -0.1) is 12.4 Å². The fraction of sp³-hybridized carbons (Fsp3) is 0.280. The molecule has 38 heavy (non-hydrogen) atoms.